The molecule has 19 heavy (non-hydrogen) atoms. The van der Waals surface area contributed by atoms with Gasteiger partial charge in [-0.2, -0.15) is 11.8 Å². The summed E-state index contributed by atoms with van der Waals surface area (Å²) in [6.45, 7) is 5.75. The first-order valence-electron chi connectivity index (χ1n) is 6.41. The van der Waals surface area contributed by atoms with Gasteiger partial charge in [0.2, 0.25) is 11.8 Å². The van der Waals surface area contributed by atoms with Gasteiger partial charge in [0, 0.05) is 43.6 Å². The molecule has 0 spiro atoms. The summed E-state index contributed by atoms with van der Waals surface area (Å²) in [5.74, 6) is 2.11. The Balaban J connectivity index is 0.00000180. The number of carbonyl (C=O) groups is 2. The largest absolute Gasteiger partial charge is 0.352 e. The van der Waals surface area contributed by atoms with Gasteiger partial charge in [-0.3, -0.25) is 9.59 Å². The molecule has 1 atom stereocenters. The number of hydrogen-bond donors (Lipinski definition) is 2. The zero-order chi connectivity index (χ0) is 13.2. The van der Waals surface area contributed by atoms with Gasteiger partial charge in [0.25, 0.3) is 0 Å². The van der Waals surface area contributed by atoms with Crippen LogP contribution in [0.15, 0.2) is 0 Å². The Morgan fingerprint density at radius 1 is 1.47 bits per heavy atom. The van der Waals surface area contributed by atoms with Crippen molar-refractivity contribution in [1.82, 2.24) is 15.5 Å². The van der Waals surface area contributed by atoms with E-state index in [0.717, 1.165) is 18.1 Å². The summed E-state index contributed by atoms with van der Waals surface area (Å²) in [7, 11) is 0. The number of rotatable bonds is 2. The van der Waals surface area contributed by atoms with Gasteiger partial charge in [0.05, 0.1) is 0 Å². The average molecular weight is 308 g/mol. The highest BCUT2D eigenvalue weighted by molar-refractivity contribution is 7.99. The standard InChI is InChI=1S/C12H21N3O2S.ClH/c1-12(2)11(17)14-3-5-15(12)10(16)7-9-8-18-6-4-13-9;/h9,13H,3-8H2,1-2H3,(H,14,17);1H. The van der Waals surface area contributed by atoms with Crippen molar-refractivity contribution in [3.05, 3.63) is 0 Å². The molecule has 0 bridgehead atoms. The molecule has 0 saturated carbocycles. The zero-order valence-corrected chi connectivity index (χ0v) is 13.0. The Hall–Kier alpha value is -0.460. The molecule has 2 aliphatic rings. The molecule has 1 unspecified atom stereocenters. The molecule has 2 fully saturated rings. The maximum Gasteiger partial charge on any atom is 0.245 e. The van der Waals surface area contributed by atoms with E-state index in [4.69, 9.17) is 0 Å². The monoisotopic (exact) mass is 307 g/mol. The Labute approximate surface area is 124 Å². The quantitative estimate of drug-likeness (QED) is 0.767. The van der Waals surface area contributed by atoms with E-state index >= 15 is 0 Å². The summed E-state index contributed by atoms with van der Waals surface area (Å²) in [5, 5.41) is 6.17. The van der Waals surface area contributed by atoms with Gasteiger partial charge in [0.15, 0.2) is 0 Å². The molecule has 2 amide bonds. The Morgan fingerprint density at radius 2 is 2.21 bits per heavy atom. The van der Waals surface area contributed by atoms with Crippen LogP contribution in [0.25, 0.3) is 0 Å². The molecular weight excluding hydrogens is 286 g/mol. The van der Waals surface area contributed by atoms with E-state index in [9.17, 15) is 9.59 Å². The highest BCUT2D eigenvalue weighted by atomic mass is 35.5. The van der Waals surface area contributed by atoms with E-state index in [1.807, 2.05) is 25.6 Å². The highest BCUT2D eigenvalue weighted by Gasteiger charge is 2.40. The van der Waals surface area contributed by atoms with E-state index in [0.29, 0.717) is 19.5 Å². The first kappa shape index (κ1) is 16.6. The fourth-order valence-corrected chi connectivity index (χ4v) is 3.36. The minimum absolute atomic E-state index is 0. The minimum Gasteiger partial charge on any atom is -0.352 e. The van der Waals surface area contributed by atoms with Crippen molar-refractivity contribution in [2.75, 3.05) is 31.1 Å². The fraction of sp³-hybridized carbons (Fsp3) is 0.833. The maximum absolute atomic E-state index is 12.3. The third kappa shape index (κ3) is 3.77. The number of piperazine rings is 1. The van der Waals surface area contributed by atoms with Crippen LogP contribution in [0, 0.1) is 0 Å². The lowest BCUT2D eigenvalue weighted by molar-refractivity contribution is -0.149. The van der Waals surface area contributed by atoms with Crippen LogP contribution in [0.3, 0.4) is 0 Å². The lowest BCUT2D eigenvalue weighted by Crippen LogP contribution is -2.64. The molecule has 2 N–H and O–H groups in total. The molecule has 0 aliphatic carbocycles. The second-order valence-corrected chi connectivity index (χ2v) is 6.44. The third-order valence-electron chi connectivity index (χ3n) is 3.57. The number of nitrogens with one attached hydrogen (secondary N) is 2. The number of carbonyl (C=O) groups excluding carboxylic acids is 2. The smallest absolute Gasteiger partial charge is 0.245 e. The lowest BCUT2D eigenvalue weighted by Gasteiger charge is -2.42. The van der Waals surface area contributed by atoms with Crippen molar-refractivity contribution in [2.24, 2.45) is 0 Å². The Morgan fingerprint density at radius 3 is 2.84 bits per heavy atom. The summed E-state index contributed by atoms with van der Waals surface area (Å²) in [5.41, 5.74) is -0.725. The first-order chi connectivity index (χ1) is 8.51. The average Bonchev–Trinajstić information content (AvgIpc) is 2.33. The molecule has 2 saturated heterocycles. The first-order valence-corrected chi connectivity index (χ1v) is 7.57. The summed E-state index contributed by atoms with van der Waals surface area (Å²) in [6, 6.07) is 0.247. The van der Waals surface area contributed by atoms with E-state index in [1.54, 1.807) is 4.90 Å². The van der Waals surface area contributed by atoms with E-state index in [2.05, 4.69) is 10.6 Å². The van der Waals surface area contributed by atoms with Crippen LogP contribution < -0.4 is 10.6 Å². The number of thioether (sulfide) groups is 1. The molecule has 2 aliphatic heterocycles. The molecule has 0 aromatic rings. The molecule has 0 aromatic heterocycles. The van der Waals surface area contributed by atoms with Gasteiger partial charge in [-0.1, -0.05) is 0 Å². The second kappa shape index (κ2) is 6.81. The Bertz CT molecular complexity index is 346. The van der Waals surface area contributed by atoms with Crippen LogP contribution in [0.2, 0.25) is 0 Å². The third-order valence-corrected chi connectivity index (χ3v) is 4.70. The van der Waals surface area contributed by atoms with Gasteiger partial charge in [0.1, 0.15) is 5.54 Å². The van der Waals surface area contributed by atoms with Crippen molar-refractivity contribution in [3.8, 4) is 0 Å². The number of halogens is 1. The molecule has 110 valence electrons. The van der Waals surface area contributed by atoms with Crippen LogP contribution in [-0.2, 0) is 9.59 Å². The summed E-state index contributed by atoms with van der Waals surface area (Å²) in [4.78, 5) is 25.8. The molecule has 7 heteroatoms. The van der Waals surface area contributed by atoms with Gasteiger partial charge >= 0.3 is 0 Å². The zero-order valence-electron chi connectivity index (χ0n) is 11.4. The summed E-state index contributed by atoms with van der Waals surface area (Å²) in [6.07, 6.45) is 0.490. The summed E-state index contributed by atoms with van der Waals surface area (Å²) >= 11 is 1.88. The van der Waals surface area contributed by atoms with Crippen LogP contribution in [0.1, 0.15) is 20.3 Å². The normalized spacial score (nSPS) is 26.3. The number of amides is 2. The molecule has 0 aromatic carbocycles. The lowest BCUT2D eigenvalue weighted by atomic mass is 9.98. The van der Waals surface area contributed by atoms with Crippen molar-refractivity contribution in [3.63, 3.8) is 0 Å². The topological polar surface area (TPSA) is 61.4 Å². The van der Waals surface area contributed by atoms with Gasteiger partial charge < -0.3 is 15.5 Å². The molecule has 2 heterocycles. The van der Waals surface area contributed by atoms with Crippen molar-refractivity contribution < 1.29 is 9.59 Å². The minimum atomic E-state index is -0.725. The number of hydrogen-bond acceptors (Lipinski definition) is 4. The van der Waals surface area contributed by atoms with Crippen molar-refractivity contribution >= 4 is 36.0 Å². The van der Waals surface area contributed by atoms with E-state index in [1.165, 1.54) is 0 Å². The van der Waals surface area contributed by atoms with E-state index < -0.39 is 5.54 Å². The van der Waals surface area contributed by atoms with Crippen molar-refractivity contribution in [2.45, 2.75) is 31.8 Å². The predicted molar refractivity (Wildman–Crippen MR) is 79.8 cm³/mol. The highest BCUT2D eigenvalue weighted by Crippen LogP contribution is 2.20. The molecular formula is C12H22ClN3O2S. The SMILES string of the molecule is CC1(C)C(=O)NCCN1C(=O)CC1CSCCN1.Cl. The van der Waals surface area contributed by atoms with Gasteiger partial charge in [-0.25, -0.2) is 0 Å². The fourth-order valence-electron chi connectivity index (χ4n) is 2.41. The van der Waals surface area contributed by atoms with Crippen molar-refractivity contribution in [1.29, 1.82) is 0 Å². The van der Waals surface area contributed by atoms with Crippen LogP contribution in [-0.4, -0.2) is 59.4 Å². The van der Waals surface area contributed by atoms with Gasteiger partial charge in [-0.15, -0.1) is 12.4 Å². The van der Waals surface area contributed by atoms with Crippen LogP contribution >= 0.6 is 24.2 Å². The van der Waals surface area contributed by atoms with Crippen LogP contribution in [0.5, 0.6) is 0 Å². The molecule has 5 nitrogen and oxygen atoms in total. The molecule has 2 rings (SSSR count). The summed E-state index contributed by atoms with van der Waals surface area (Å²) < 4.78 is 0. The predicted octanol–water partition coefficient (Wildman–Crippen LogP) is 0.240. The molecule has 0 radical (unpaired) electrons. The van der Waals surface area contributed by atoms with Crippen LogP contribution in [0.4, 0.5) is 0 Å². The Kier molecular flexibility index (Phi) is 5.95. The number of nitrogens with zero attached hydrogens (tertiary/aromatic N) is 1. The maximum atomic E-state index is 12.3. The second-order valence-electron chi connectivity index (χ2n) is 5.29. The van der Waals surface area contributed by atoms with E-state index in [-0.39, 0.29) is 30.3 Å². The van der Waals surface area contributed by atoms with Gasteiger partial charge in [-0.05, 0) is 13.8 Å².